The van der Waals surface area contributed by atoms with Crippen LogP contribution in [-0.4, -0.2) is 52.3 Å². The number of anilines is 3. The Morgan fingerprint density at radius 2 is 2.16 bits per heavy atom. The number of aromatic nitrogens is 3. The average Bonchev–Trinajstić information content (AvgIpc) is 3.54. The van der Waals surface area contributed by atoms with Crippen molar-refractivity contribution in [3.8, 4) is 5.75 Å². The number of rotatable bonds is 8. The summed E-state index contributed by atoms with van der Waals surface area (Å²) in [6.45, 7) is 0.273. The summed E-state index contributed by atoms with van der Waals surface area (Å²) in [6.07, 6.45) is 1.72. The monoisotopic (exact) mass is 490 g/mol. The van der Waals surface area contributed by atoms with Crippen LogP contribution in [0.5, 0.6) is 5.75 Å². The van der Waals surface area contributed by atoms with Gasteiger partial charge >= 0.3 is 0 Å². The number of ether oxygens (including phenoxy) is 1. The van der Waals surface area contributed by atoms with E-state index in [1.54, 1.807) is 47.9 Å². The van der Waals surface area contributed by atoms with Crippen molar-refractivity contribution < 1.29 is 19.1 Å². The molecule has 2 aromatic heterocycles. The van der Waals surface area contributed by atoms with Crippen LogP contribution in [0, 0.1) is 5.92 Å². The Balaban J connectivity index is 1.29. The Labute approximate surface area is 195 Å². The van der Waals surface area contributed by atoms with Crippen molar-refractivity contribution in [3.05, 3.63) is 35.8 Å². The normalized spacial score (nSPS) is 15.6. The lowest BCUT2D eigenvalue weighted by Crippen LogP contribution is -2.28. The van der Waals surface area contributed by atoms with Crippen LogP contribution in [0.15, 0.2) is 40.2 Å². The molecule has 32 heavy (non-hydrogen) atoms. The first-order valence-electron chi connectivity index (χ1n) is 9.43. The highest BCUT2D eigenvalue weighted by molar-refractivity contribution is 8.01. The van der Waals surface area contributed by atoms with Crippen LogP contribution in [-0.2, 0) is 14.4 Å². The molecule has 10 nitrogen and oxygen atoms in total. The maximum atomic E-state index is 12.7. The molecule has 3 heterocycles. The molecule has 0 radical (unpaired) electrons. The van der Waals surface area contributed by atoms with Crippen molar-refractivity contribution in [1.29, 1.82) is 0 Å². The fourth-order valence-electron chi connectivity index (χ4n) is 3.00. The van der Waals surface area contributed by atoms with Gasteiger partial charge in [-0.2, -0.15) is 0 Å². The van der Waals surface area contributed by atoms with Gasteiger partial charge < -0.3 is 20.3 Å². The number of amides is 3. The maximum Gasteiger partial charge on any atom is 0.236 e. The van der Waals surface area contributed by atoms with E-state index in [1.165, 1.54) is 34.4 Å². The van der Waals surface area contributed by atoms with Gasteiger partial charge in [0.25, 0.3) is 0 Å². The van der Waals surface area contributed by atoms with Crippen LogP contribution in [0.4, 0.5) is 16.0 Å². The first-order valence-corrected chi connectivity index (χ1v) is 12.1. The average molecular weight is 491 g/mol. The molecule has 1 saturated heterocycles. The molecule has 1 aromatic carbocycles. The number of nitrogens with zero attached hydrogens (tertiary/aromatic N) is 4. The van der Waals surface area contributed by atoms with Gasteiger partial charge in [-0.25, -0.2) is 4.98 Å². The van der Waals surface area contributed by atoms with Crippen molar-refractivity contribution in [2.45, 2.75) is 10.8 Å². The van der Waals surface area contributed by atoms with Gasteiger partial charge in [-0.05, 0) is 12.1 Å². The molecule has 1 atom stereocenters. The van der Waals surface area contributed by atoms with E-state index in [0.29, 0.717) is 26.0 Å². The van der Waals surface area contributed by atoms with E-state index in [2.05, 4.69) is 25.8 Å². The zero-order valence-corrected chi connectivity index (χ0v) is 19.3. The Kier molecular flexibility index (Phi) is 6.97. The topological polar surface area (TPSA) is 126 Å². The van der Waals surface area contributed by atoms with E-state index >= 15 is 0 Å². The fraction of sp³-hybridized carbons (Fsp3) is 0.263. The summed E-state index contributed by atoms with van der Waals surface area (Å²) in [6, 6.07) is 7.16. The molecule has 166 valence electrons. The third kappa shape index (κ3) is 5.41. The number of carbonyl (C=O) groups excluding carboxylic acids is 3. The molecule has 0 saturated carbocycles. The number of nitrogens with one attached hydrogen (secondary N) is 2. The smallest absolute Gasteiger partial charge is 0.236 e. The number of thiazole rings is 1. The van der Waals surface area contributed by atoms with E-state index in [4.69, 9.17) is 4.74 Å². The van der Waals surface area contributed by atoms with Gasteiger partial charge in [0.05, 0.1) is 18.8 Å². The van der Waals surface area contributed by atoms with Crippen LogP contribution >= 0.6 is 34.4 Å². The maximum absolute atomic E-state index is 12.7. The molecule has 1 unspecified atom stereocenters. The van der Waals surface area contributed by atoms with Crippen LogP contribution in [0.3, 0.4) is 0 Å². The molecule has 2 N–H and O–H groups in total. The summed E-state index contributed by atoms with van der Waals surface area (Å²) >= 11 is 3.73. The molecule has 0 bridgehead atoms. The predicted molar refractivity (Wildman–Crippen MR) is 123 cm³/mol. The Hall–Kier alpha value is -3.03. The molecule has 0 spiro atoms. The van der Waals surface area contributed by atoms with Gasteiger partial charge in [-0.1, -0.05) is 29.2 Å². The Morgan fingerprint density at radius 3 is 2.94 bits per heavy atom. The Morgan fingerprint density at radius 1 is 1.28 bits per heavy atom. The van der Waals surface area contributed by atoms with Gasteiger partial charge in [0.15, 0.2) is 9.47 Å². The number of hydrogen-bond acceptors (Lipinski definition) is 10. The van der Waals surface area contributed by atoms with Crippen molar-refractivity contribution in [2.75, 3.05) is 34.9 Å². The van der Waals surface area contributed by atoms with Crippen LogP contribution in [0.25, 0.3) is 0 Å². The van der Waals surface area contributed by atoms with E-state index in [0.717, 1.165) is 0 Å². The molecule has 3 amide bonds. The second-order valence-corrected chi connectivity index (χ2v) is 9.74. The highest BCUT2D eigenvalue weighted by atomic mass is 32.2. The third-order valence-corrected chi connectivity index (χ3v) is 7.16. The van der Waals surface area contributed by atoms with Crippen molar-refractivity contribution in [3.63, 3.8) is 0 Å². The molecular weight excluding hydrogens is 472 g/mol. The van der Waals surface area contributed by atoms with Crippen molar-refractivity contribution in [1.82, 2.24) is 15.2 Å². The number of methoxy groups -OCH3 is 1. The predicted octanol–water partition coefficient (Wildman–Crippen LogP) is 2.73. The molecule has 1 aliphatic heterocycles. The van der Waals surface area contributed by atoms with Gasteiger partial charge in [0.2, 0.25) is 22.9 Å². The summed E-state index contributed by atoms with van der Waals surface area (Å²) in [5.74, 6) is -0.335. The van der Waals surface area contributed by atoms with Crippen molar-refractivity contribution >= 4 is 68.1 Å². The lowest BCUT2D eigenvalue weighted by molar-refractivity contribution is -0.122. The van der Waals surface area contributed by atoms with Crippen molar-refractivity contribution in [2.24, 2.45) is 5.92 Å². The van der Waals surface area contributed by atoms with Crippen LogP contribution in [0.2, 0.25) is 0 Å². The first kappa shape index (κ1) is 22.2. The zero-order valence-electron chi connectivity index (χ0n) is 16.8. The van der Waals surface area contributed by atoms with E-state index in [9.17, 15) is 14.4 Å². The Bertz CT molecular complexity index is 1120. The number of carbonyl (C=O) groups is 3. The number of thioether (sulfide) groups is 1. The quantitative estimate of drug-likeness (QED) is 0.365. The van der Waals surface area contributed by atoms with Crippen LogP contribution < -0.4 is 20.3 Å². The van der Waals surface area contributed by atoms with E-state index < -0.39 is 5.92 Å². The summed E-state index contributed by atoms with van der Waals surface area (Å²) < 4.78 is 5.76. The third-order valence-electron chi connectivity index (χ3n) is 4.50. The number of hydrogen-bond donors (Lipinski definition) is 2. The summed E-state index contributed by atoms with van der Waals surface area (Å²) in [7, 11) is 1.56. The minimum atomic E-state index is -0.502. The lowest BCUT2D eigenvalue weighted by atomic mass is 10.1. The zero-order chi connectivity index (χ0) is 22.5. The highest BCUT2D eigenvalue weighted by Gasteiger charge is 2.35. The summed E-state index contributed by atoms with van der Waals surface area (Å²) in [5.41, 5.74) is 0.690. The second kappa shape index (κ2) is 10.1. The largest absolute Gasteiger partial charge is 0.497 e. The van der Waals surface area contributed by atoms with Gasteiger partial charge in [0.1, 0.15) is 5.75 Å². The van der Waals surface area contributed by atoms with E-state index in [1.807, 2.05) is 0 Å². The van der Waals surface area contributed by atoms with Crippen LogP contribution in [0.1, 0.15) is 6.42 Å². The fourth-order valence-corrected chi connectivity index (χ4v) is 5.10. The standard InChI is InChI=1S/C19H18N6O4S3/c1-29-13-4-2-3-12(8-13)25-9-11(7-15(25)27)16(28)22-18-23-24-19(32-18)31-10-14(26)21-17-20-5-6-30-17/h2-6,8,11H,7,9-10H2,1H3,(H,20,21,26)(H,22,23,28). The van der Waals surface area contributed by atoms with Gasteiger partial charge in [0, 0.05) is 36.3 Å². The minimum absolute atomic E-state index is 0.111. The molecular formula is C19H18N6O4S3. The van der Waals surface area contributed by atoms with E-state index in [-0.39, 0.29) is 36.4 Å². The SMILES string of the molecule is COc1cccc(N2CC(C(=O)Nc3nnc(SCC(=O)Nc4nccs4)s3)CC2=O)c1. The summed E-state index contributed by atoms with van der Waals surface area (Å²) in [4.78, 5) is 42.6. The molecule has 0 aliphatic carbocycles. The highest BCUT2D eigenvalue weighted by Crippen LogP contribution is 2.30. The summed E-state index contributed by atoms with van der Waals surface area (Å²) in [5, 5.41) is 16.0. The van der Waals surface area contributed by atoms with Gasteiger partial charge in [-0.3, -0.25) is 14.4 Å². The molecule has 3 aromatic rings. The first-order chi connectivity index (χ1) is 15.5. The molecule has 1 aliphatic rings. The van der Waals surface area contributed by atoms with Gasteiger partial charge in [-0.15, -0.1) is 21.5 Å². The lowest BCUT2D eigenvalue weighted by Gasteiger charge is -2.17. The minimum Gasteiger partial charge on any atom is -0.497 e. The molecule has 4 rings (SSSR count). The molecule has 1 fully saturated rings. The molecule has 13 heteroatoms. The number of benzene rings is 1. The second-order valence-electron chi connectivity index (χ2n) is 6.64.